The second-order valence-corrected chi connectivity index (χ2v) is 7.86. The van der Waals surface area contributed by atoms with Gasteiger partial charge in [-0.05, 0) is 62.1 Å². The topological polar surface area (TPSA) is 54.9 Å². The molecule has 0 amide bonds. The van der Waals surface area contributed by atoms with Gasteiger partial charge in [0.15, 0.2) is 5.96 Å². The third-order valence-electron chi connectivity index (χ3n) is 5.80. The summed E-state index contributed by atoms with van der Waals surface area (Å²) in [7, 11) is 3.38. The van der Waals surface area contributed by atoms with E-state index in [9.17, 15) is 0 Å². The minimum Gasteiger partial charge on any atom is -0.497 e. The van der Waals surface area contributed by atoms with Gasteiger partial charge in [0.05, 0.1) is 14.2 Å². The second kappa shape index (κ2) is 10.4. The second-order valence-electron chi connectivity index (χ2n) is 7.86. The number of methoxy groups -OCH3 is 2. The van der Waals surface area contributed by atoms with Gasteiger partial charge in [-0.1, -0.05) is 19.3 Å². The third-order valence-corrected chi connectivity index (χ3v) is 5.80. The third kappa shape index (κ3) is 6.33. The number of aliphatic imine (C=N–C) groups is 1. The molecule has 5 heteroatoms. The lowest BCUT2D eigenvalue weighted by molar-refractivity contribution is 0.362. The summed E-state index contributed by atoms with van der Waals surface area (Å²) in [5.41, 5.74) is 1.20. The Morgan fingerprint density at radius 1 is 0.963 bits per heavy atom. The molecular formula is C22H35N3O2. The van der Waals surface area contributed by atoms with Gasteiger partial charge in [0, 0.05) is 25.2 Å². The van der Waals surface area contributed by atoms with Crippen LogP contribution in [0.25, 0.3) is 0 Å². The van der Waals surface area contributed by atoms with E-state index < -0.39 is 0 Å². The average Bonchev–Trinajstić information content (AvgIpc) is 2.68. The summed E-state index contributed by atoms with van der Waals surface area (Å²) >= 11 is 0. The zero-order chi connectivity index (χ0) is 18.9. The molecule has 2 aliphatic rings. The first-order chi connectivity index (χ1) is 13.3. The Kier molecular flexibility index (Phi) is 7.66. The van der Waals surface area contributed by atoms with Gasteiger partial charge >= 0.3 is 0 Å². The van der Waals surface area contributed by atoms with Crippen molar-refractivity contribution in [3.8, 4) is 11.5 Å². The molecule has 0 bridgehead atoms. The van der Waals surface area contributed by atoms with Crippen LogP contribution in [0.2, 0.25) is 0 Å². The summed E-state index contributed by atoms with van der Waals surface area (Å²) in [6.07, 6.45) is 11.6. The molecule has 0 heterocycles. The fraction of sp³-hybridized carbons (Fsp3) is 0.682. The highest BCUT2D eigenvalue weighted by Crippen LogP contribution is 2.24. The number of nitrogens with one attached hydrogen (secondary N) is 2. The summed E-state index contributed by atoms with van der Waals surface area (Å²) < 4.78 is 10.7. The SMILES string of the molecule is COc1cc(CCNC(=NCC2CCCCC2)NC2CCC2)cc(OC)c1. The lowest BCUT2D eigenvalue weighted by Crippen LogP contribution is -2.47. The predicted octanol–water partition coefficient (Wildman–Crippen LogP) is 3.91. The van der Waals surface area contributed by atoms with Crippen LogP contribution in [-0.2, 0) is 6.42 Å². The number of hydrogen-bond donors (Lipinski definition) is 2. The molecule has 1 aromatic carbocycles. The maximum atomic E-state index is 5.37. The van der Waals surface area contributed by atoms with Crippen LogP contribution < -0.4 is 20.1 Å². The van der Waals surface area contributed by atoms with Gasteiger partial charge in [-0.25, -0.2) is 0 Å². The Morgan fingerprint density at radius 2 is 1.67 bits per heavy atom. The Labute approximate surface area is 163 Å². The van der Waals surface area contributed by atoms with E-state index in [4.69, 9.17) is 14.5 Å². The summed E-state index contributed by atoms with van der Waals surface area (Å²) in [6, 6.07) is 6.65. The van der Waals surface area contributed by atoms with Gasteiger partial charge < -0.3 is 20.1 Å². The molecule has 0 unspecified atom stereocenters. The number of guanidine groups is 1. The average molecular weight is 374 g/mol. The minimum absolute atomic E-state index is 0.597. The van der Waals surface area contributed by atoms with Gasteiger partial charge in [-0.3, -0.25) is 4.99 Å². The molecule has 0 aromatic heterocycles. The molecule has 1 aromatic rings. The normalized spacial score (nSPS) is 18.7. The van der Waals surface area contributed by atoms with Crippen molar-refractivity contribution in [1.82, 2.24) is 10.6 Å². The van der Waals surface area contributed by atoms with Crippen molar-refractivity contribution in [2.75, 3.05) is 27.3 Å². The Hall–Kier alpha value is -1.91. The van der Waals surface area contributed by atoms with Crippen LogP contribution in [0.5, 0.6) is 11.5 Å². The largest absolute Gasteiger partial charge is 0.497 e. The van der Waals surface area contributed by atoms with Gasteiger partial charge in [-0.15, -0.1) is 0 Å². The molecule has 2 saturated carbocycles. The molecule has 150 valence electrons. The van der Waals surface area contributed by atoms with Crippen molar-refractivity contribution in [1.29, 1.82) is 0 Å². The molecular weight excluding hydrogens is 338 g/mol. The van der Waals surface area contributed by atoms with Crippen molar-refractivity contribution in [2.24, 2.45) is 10.9 Å². The van der Waals surface area contributed by atoms with E-state index in [-0.39, 0.29) is 0 Å². The van der Waals surface area contributed by atoms with Crippen LogP contribution >= 0.6 is 0 Å². The van der Waals surface area contributed by atoms with Crippen LogP contribution in [0.1, 0.15) is 56.9 Å². The van der Waals surface area contributed by atoms with Crippen LogP contribution in [0.4, 0.5) is 0 Å². The standard InChI is InChI=1S/C22H35N3O2/c1-26-20-13-18(14-21(15-20)27-2)11-12-23-22(25-19-9-6-10-19)24-16-17-7-4-3-5-8-17/h13-15,17,19H,3-12,16H2,1-2H3,(H2,23,24,25). The van der Waals surface area contributed by atoms with Gasteiger partial charge in [0.25, 0.3) is 0 Å². The number of benzene rings is 1. The molecule has 0 spiro atoms. The lowest BCUT2D eigenvalue weighted by Gasteiger charge is -2.29. The molecule has 2 fully saturated rings. The number of ether oxygens (including phenoxy) is 2. The van der Waals surface area contributed by atoms with E-state index in [0.29, 0.717) is 6.04 Å². The summed E-state index contributed by atoms with van der Waals surface area (Å²) in [5, 5.41) is 7.15. The summed E-state index contributed by atoms with van der Waals surface area (Å²) in [4.78, 5) is 4.91. The fourth-order valence-corrected chi connectivity index (χ4v) is 3.82. The maximum absolute atomic E-state index is 5.37. The monoisotopic (exact) mass is 373 g/mol. The number of hydrogen-bond acceptors (Lipinski definition) is 3. The van der Waals surface area contributed by atoms with Crippen molar-refractivity contribution >= 4 is 5.96 Å². The molecule has 3 rings (SSSR count). The molecule has 0 saturated heterocycles. The highest BCUT2D eigenvalue weighted by atomic mass is 16.5. The van der Waals surface area contributed by atoms with Crippen LogP contribution in [0.15, 0.2) is 23.2 Å². The van der Waals surface area contributed by atoms with E-state index in [2.05, 4.69) is 22.8 Å². The van der Waals surface area contributed by atoms with Gasteiger partial charge in [-0.2, -0.15) is 0 Å². The maximum Gasteiger partial charge on any atom is 0.191 e. The summed E-state index contributed by atoms with van der Waals surface area (Å²) in [5.74, 6) is 3.42. The van der Waals surface area contributed by atoms with Crippen LogP contribution in [0, 0.1) is 5.92 Å². The van der Waals surface area contributed by atoms with E-state index >= 15 is 0 Å². The lowest BCUT2D eigenvalue weighted by atomic mass is 9.89. The molecule has 2 aliphatic carbocycles. The molecule has 0 atom stereocenters. The van der Waals surface area contributed by atoms with E-state index in [0.717, 1.165) is 42.9 Å². The zero-order valence-electron chi connectivity index (χ0n) is 16.9. The summed E-state index contributed by atoms with van der Waals surface area (Å²) in [6.45, 7) is 1.80. The van der Waals surface area contributed by atoms with Crippen molar-refractivity contribution in [2.45, 2.75) is 63.8 Å². The van der Waals surface area contributed by atoms with Crippen molar-refractivity contribution in [3.05, 3.63) is 23.8 Å². The first-order valence-electron chi connectivity index (χ1n) is 10.5. The quantitative estimate of drug-likeness (QED) is 0.536. The van der Waals surface area contributed by atoms with E-state index in [1.54, 1.807) is 14.2 Å². The number of nitrogens with zero attached hydrogens (tertiary/aromatic N) is 1. The number of rotatable bonds is 8. The highest BCUT2D eigenvalue weighted by molar-refractivity contribution is 5.80. The van der Waals surface area contributed by atoms with Crippen LogP contribution in [-0.4, -0.2) is 39.3 Å². The Balaban J connectivity index is 1.53. The predicted molar refractivity (Wildman–Crippen MR) is 111 cm³/mol. The molecule has 0 aliphatic heterocycles. The first-order valence-corrected chi connectivity index (χ1v) is 10.5. The minimum atomic E-state index is 0.597. The van der Waals surface area contributed by atoms with Gasteiger partial charge in [0.2, 0.25) is 0 Å². The zero-order valence-corrected chi connectivity index (χ0v) is 16.9. The highest BCUT2D eigenvalue weighted by Gasteiger charge is 2.19. The Morgan fingerprint density at radius 3 is 2.26 bits per heavy atom. The molecule has 2 N–H and O–H groups in total. The molecule has 27 heavy (non-hydrogen) atoms. The van der Waals surface area contributed by atoms with Gasteiger partial charge in [0.1, 0.15) is 11.5 Å². The van der Waals surface area contributed by atoms with Crippen molar-refractivity contribution < 1.29 is 9.47 Å². The molecule has 0 radical (unpaired) electrons. The van der Waals surface area contributed by atoms with Crippen LogP contribution in [0.3, 0.4) is 0 Å². The molecule has 5 nitrogen and oxygen atoms in total. The fourth-order valence-electron chi connectivity index (χ4n) is 3.82. The first kappa shape index (κ1) is 19.8. The van der Waals surface area contributed by atoms with E-state index in [1.165, 1.54) is 56.9 Å². The van der Waals surface area contributed by atoms with Crippen molar-refractivity contribution in [3.63, 3.8) is 0 Å². The smallest absolute Gasteiger partial charge is 0.191 e. The van der Waals surface area contributed by atoms with E-state index in [1.807, 2.05) is 6.07 Å². The Bertz CT molecular complexity index is 585.